The van der Waals surface area contributed by atoms with Gasteiger partial charge in [-0.15, -0.1) is 0 Å². The molecule has 1 aliphatic heterocycles. The van der Waals surface area contributed by atoms with Crippen molar-refractivity contribution in [2.24, 2.45) is 5.92 Å². The number of likely N-dealkylation sites (tertiary alicyclic amines) is 1. The van der Waals surface area contributed by atoms with Crippen LogP contribution < -0.4 is 0 Å². The highest BCUT2D eigenvalue weighted by Gasteiger charge is 2.24. The van der Waals surface area contributed by atoms with E-state index in [1.807, 2.05) is 17.0 Å². The van der Waals surface area contributed by atoms with Gasteiger partial charge in [0.25, 0.3) is 5.91 Å². The molecule has 0 unspecified atom stereocenters. The number of nitriles is 1. The van der Waals surface area contributed by atoms with Crippen LogP contribution in [0, 0.1) is 17.2 Å². The first-order valence-corrected chi connectivity index (χ1v) is 5.72. The zero-order valence-electron chi connectivity index (χ0n) is 8.91. The molecular formula is C12H16N2O. The summed E-state index contributed by atoms with van der Waals surface area (Å²) < 4.78 is 0. The van der Waals surface area contributed by atoms with Gasteiger partial charge in [-0.3, -0.25) is 4.79 Å². The Kier molecular flexibility index (Phi) is 3.05. The van der Waals surface area contributed by atoms with Gasteiger partial charge in [-0.2, -0.15) is 5.26 Å². The Labute approximate surface area is 90.4 Å². The Hall–Kier alpha value is -1.30. The number of amides is 1. The van der Waals surface area contributed by atoms with E-state index in [9.17, 15) is 4.79 Å². The maximum absolute atomic E-state index is 11.9. The fraction of sp³-hybridized carbons (Fsp3) is 0.667. The maximum Gasteiger partial charge on any atom is 0.264 e. The molecular weight excluding hydrogens is 188 g/mol. The summed E-state index contributed by atoms with van der Waals surface area (Å²) in [7, 11) is 0. The van der Waals surface area contributed by atoms with Crippen LogP contribution in [0.5, 0.6) is 0 Å². The summed E-state index contributed by atoms with van der Waals surface area (Å²) >= 11 is 0. The SMILES string of the molecule is N#CC(=CC1CC1)C(=O)N1CCCCC1. The Morgan fingerprint density at radius 3 is 2.47 bits per heavy atom. The molecule has 3 nitrogen and oxygen atoms in total. The van der Waals surface area contributed by atoms with Crippen LogP contribution in [0.2, 0.25) is 0 Å². The number of rotatable bonds is 2. The number of piperidine rings is 1. The molecule has 0 aromatic carbocycles. The lowest BCUT2D eigenvalue weighted by Crippen LogP contribution is -2.36. The number of carbonyl (C=O) groups is 1. The molecule has 2 fully saturated rings. The van der Waals surface area contributed by atoms with Crippen LogP contribution in [0.15, 0.2) is 11.6 Å². The predicted octanol–water partition coefficient (Wildman–Crippen LogP) is 1.86. The van der Waals surface area contributed by atoms with Crippen molar-refractivity contribution in [2.45, 2.75) is 32.1 Å². The molecule has 1 saturated heterocycles. The first-order chi connectivity index (χ1) is 7.31. The normalized spacial score (nSPS) is 22.3. The molecule has 0 aromatic heterocycles. The van der Waals surface area contributed by atoms with Crippen LogP contribution in [0.3, 0.4) is 0 Å². The van der Waals surface area contributed by atoms with Crippen LogP contribution in [0.25, 0.3) is 0 Å². The quantitative estimate of drug-likeness (QED) is 0.509. The largest absolute Gasteiger partial charge is 0.338 e. The van der Waals surface area contributed by atoms with Gasteiger partial charge in [0.05, 0.1) is 0 Å². The lowest BCUT2D eigenvalue weighted by molar-refractivity contribution is -0.127. The predicted molar refractivity (Wildman–Crippen MR) is 56.9 cm³/mol. The van der Waals surface area contributed by atoms with Crippen molar-refractivity contribution in [1.29, 1.82) is 5.26 Å². The van der Waals surface area contributed by atoms with Gasteiger partial charge >= 0.3 is 0 Å². The van der Waals surface area contributed by atoms with E-state index in [0.29, 0.717) is 11.5 Å². The second kappa shape index (κ2) is 4.48. The van der Waals surface area contributed by atoms with E-state index in [-0.39, 0.29) is 5.91 Å². The van der Waals surface area contributed by atoms with Gasteiger partial charge in [-0.05, 0) is 38.0 Å². The highest BCUT2D eigenvalue weighted by molar-refractivity contribution is 5.97. The van der Waals surface area contributed by atoms with Gasteiger partial charge in [0.15, 0.2) is 0 Å². The average Bonchev–Trinajstić information content (AvgIpc) is 3.10. The molecule has 1 amide bonds. The van der Waals surface area contributed by atoms with E-state index in [1.165, 1.54) is 6.42 Å². The second-order valence-corrected chi connectivity index (χ2v) is 4.38. The van der Waals surface area contributed by atoms with E-state index in [2.05, 4.69) is 0 Å². The van der Waals surface area contributed by atoms with Crippen LogP contribution in [0.1, 0.15) is 32.1 Å². The monoisotopic (exact) mass is 204 g/mol. The molecule has 1 aliphatic carbocycles. The smallest absolute Gasteiger partial charge is 0.264 e. The molecule has 0 bridgehead atoms. The first-order valence-electron chi connectivity index (χ1n) is 5.72. The summed E-state index contributed by atoms with van der Waals surface area (Å²) in [4.78, 5) is 13.7. The molecule has 2 rings (SSSR count). The second-order valence-electron chi connectivity index (χ2n) is 4.38. The van der Waals surface area contributed by atoms with Gasteiger partial charge in [-0.25, -0.2) is 0 Å². The zero-order valence-corrected chi connectivity index (χ0v) is 8.91. The Morgan fingerprint density at radius 1 is 1.27 bits per heavy atom. The first kappa shape index (κ1) is 10.2. The van der Waals surface area contributed by atoms with Crippen molar-refractivity contribution >= 4 is 5.91 Å². The third kappa shape index (κ3) is 2.59. The summed E-state index contributed by atoms with van der Waals surface area (Å²) in [5, 5.41) is 8.94. The fourth-order valence-corrected chi connectivity index (χ4v) is 1.92. The topological polar surface area (TPSA) is 44.1 Å². The molecule has 1 heterocycles. The lowest BCUT2D eigenvalue weighted by atomic mass is 10.1. The van der Waals surface area contributed by atoms with Crippen molar-refractivity contribution in [3.05, 3.63) is 11.6 Å². The van der Waals surface area contributed by atoms with Gasteiger partial charge in [0.2, 0.25) is 0 Å². The molecule has 2 aliphatic rings. The third-order valence-electron chi connectivity index (χ3n) is 3.02. The molecule has 80 valence electrons. The minimum absolute atomic E-state index is 0.0518. The molecule has 15 heavy (non-hydrogen) atoms. The lowest BCUT2D eigenvalue weighted by Gasteiger charge is -2.26. The highest BCUT2D eigenvalue weighted by Crippen LogP contribution is 2.31. The van der Waals surface area contributed by atoms with Crippen LogP contribution in [0.4, 0.5) is 0 Å². The Balaban J connectivity index is 2.00. The molecule has 0 aromatic rings. The zero-order chi connectivity index (χ0) is 10.7. The number of hydrogen-bond donors (Lipinski definition) is 0. The fourth-order valence-electron chi connectivity index (χ4n) is 1.92. The molecule has 3 heteroatoms. The summed E-state index contributed by atoms with van der Waals surface area (Å²) in [6, 6.07) is 2.04. The summed E-state index contributed by atoms with van der Waals surface area (Å²) in [5.74, 6) is 0.442. The van der Waals surface area contributed by atoms with Crippen molar-refractivity contribution in [3.8, 4) is 6.07 Å². The molecule has 0 spiro atoms. The summed E-state index contributed by atoms with van der Waals surface area (Å²) in [5.41, 5.74) is 0.361. The van der Waals surface area contributed by atoms with Gasteiger partial charge in [0.1, 0.15) is 11.6 Å². The standard InChI is InChI=1S/C12H16N2O/c13-9-11(8-10-4-5-10)12(15)14-6-2-1-3-7-14/h8,10H,1-7H2. The third-order valence-corrected chi connectivity index (χ3v) is 3.02. The molecule has 0 radical (unpaired) electrons. The van der Waals surface area contributed by atoms with E-state index in [0.717, 1.165) is 38.8 Å². The number of nitrogens with zero attached hydrogens (tertiary/aromatic N) is 2. The average molecular weight is 204 g/mol. The van der Waals surface area contributed by atoms with Crippen molar-refractivity contribution in [2.75, 3.05) is 13.1 Å². The Bertz CT molecular complexity index is 317. The highest BCUT2D eigenvalue weighted by atomic mass is 16.2. The van der Waals surface area contributed by atoms with E-state index >= 15 is 0 Å². The van der Waals surface area contributed by atoms with Crippen LogP contribution in [-0.2, 0) is 4.79 Å². The van der Waals surface area contributed by atoms with Crippen LogP contribution in [-0.4, -0.2) is 23.9 Å². The summed E-state index contributed by atoms with van der Waals surface area (Å²) in [6.45, 7) is 1.64. The van der Waals surface area contributed by atoms with Crippen molar-refractivity contribution in [3.63, 3.8) is 0 Å². The minimum Gasteiger partial charge on any atom is -0.338 e. The van der Waals surface area contributed by atoms with Gasteiger partial charge in [-0.1, -0.05) is 6.08 Å². The number of hydrogen-bond acceptors (Lipinski definition) is 2. The van der Waals surface area contributed by atoms with Gasteiger partial charge in [0, 0.05) is 13.1 Å². The molecule has 1 saturated carbocycles. The molecule has 0 atom stereocenters. The van der Waals surface area contributed by atoms with E-state index in [1.54, 1.807) is 0 Å². The van der Waals surface area contributed by atoms with E-state index < -0.39 is 0 Å². The van der Waals surface area contributed by atoms with Gasteiger partial charge < -0.3 is 4.90 Å². The Morgan fingerprint density at radius 2 is 1.93 bits per heavy atom. The maximum atomic E-state index is 11.9. The van der Waals surface area contributed by atoms with Crippen LogP contribution >= 0.6 is 0 Å². The molecule has 0 N–H and O–H groups in total. The van der Waals surface area contributed by atoms with Crippen molar-refractivity contribution < 1.29 is 4.79 Å². The summed E-state index contributed by atoms with van der Waals surface area (Å²) in [6.07, 6.45) is 7.49. The number of allylic oxidation sites excluding steroid dienone is 1. The number of carbonyl (C=O) groups excluding carboxylic acids is 1. The van der Waals surface area contributed by atoms with E-state index in [4.69, 9.17) is 5.26 Å². The van der Waals surface area contributed by atoms with Crippen molar-refractivity contribution in [1.82, 2.24) is 4.90 Å². The minimum atomic E-state index is -0.0518.